The first-order chi connectivity index (χ1) is 13.2. The van der Waals surface area contributed by atoms with Crippen LogP contribution in [0.1, 0.15) is 17.5 Å². The number of nitrogens with zero attached hydrogens (tertiary/aromatic N) is 3. The Morgan fingerprint density at radius 1 is 1.25 bits per heavy atom. The van der Waals surface area contributed by atoms with Gasteiger partial charge in [0, 0.05) is 31.5 Å². The molecule has 0 unspecified atom stereocenters. The van der Waals surface area contributed by atoms with E-state index in [1.54, 1.807) is 34.4 Å². The van der Waals surface area contributed by atoms with Crippen LogP contribution in [-0.2, 0) is 13.1 Å². The van der Waals surface area contributed by atoms with Crippen LogP contribution in [0.4, 0.5) is 0 Å². The number of benzene rings is 1. The molecule has 1 aliphatic rings. The molecule has 0 saturated carbocycles. The van der Waals surface area contributed by atoms with E-state index in [4.69, 9.17) is 0 Å². The number of hydrogen-bond acceptors (Lipinski definition) is 5. The molecule has 4 rings (SSSR count). The van der Waals surface area contributed by atoms with Crippen LogP contribution in [0.3, 0.4) is 0 Å². The van der Waals surface area contributed by atoms with Crippen LogP contribution in [0.25, 0.3) is 11.1 Å². The average Bonchev–Trinajstić information content (AvgIpc) is 3.36. The van der Waals surface area contributed by atoms with E-state index in [1.807, 2.05) is 17.6 Å². The summed E-state index contributed by atoms with van der Waals surface area (Å²) < 4.78 is 6.04. The molecule has 1 aliphatic heterocycles. The van der Waals surface area contributed by atoms with Gasteiger partial charge < -0.3 is 17.3 Å². The van der Waals surface area contributed by atoms with Crippen LogP contribution in [0, 0.1) is 0 Å². The van der Waals surface area contributed by atoms with Gasteiger partial charge in [-0.25, -0.2) is 0 Å². The minimum Gasteiger partial charge on any atom is -1.00 e. The number of thiazole rings is 2. The fourth-order valence-corrected chi connectivity index (χ4v) is 6.54. The Morgan fingerprint density at radius 3 is 2.71 bits per heavy atom. The van der Waals surface area contributed by atoms with Crippen LogP contribution in [0.2, 0.25) is 0 Å². The van der Waals surface area contributed by atoms with E-state index in [-0.39, 0.29) is 18.0 Å². The molecule has 8 heteroatoms. The smallest absolute Gasteiger partial charge is 0.271 e. The molecule has 3 aromatic rings. The van der Waals surface area contributed by atoms with Crippen molar-refractivity contribution < 1.29 is 17.0 Å². The fourth-order valence-electron chi connectivity index (χ4n) is 3.15. The minimum atomic E-state index is 0. The van der Waals surface area contributed by atoms with E-state index in [9.17, 15) is 4.79 Å². The van der Waals surface area contributed by atoms with Crippen molar-refractivity contribution in [1.29, 1.82) is 0 Å². The molecule has 3 heterocycles. The topological polar surface area (TPSA) is 29.1 Å². The summed E-state index contributed by atoms with van der Waals surface area (Å²) in [6, 6.07) is 10.5. The highest BCUT2D eigenvalue weighted by Gasteiger charge is 2.18. The Morgan fingerprint density at radius 2 is 2.04 bits per heavy atom. The van der Waals surface area contributed by atoms with Gasteiger partial charge in [-0.1, -0.05) is 41.7 Å². The van der Waals surface area contributed by atoms with E-state index in [2.05, 4.69) is 58.4 Å². The van der Waals surface area contributed by atoms with Crippen LogP contribution >= 0.6 is 34.4 Å². The first kappa shape index (κ1) is 21.2. The van der Waals surface area contributed by atoms with Gasteiger partial charge in [-0.2, -0.15) is 4.57 Å². The van der Waals surface area contributed by atoms with Crippen LogP contribution < -0.4 is 31.7 Å². The second kappa shape index (κ2) is 9.31. The SMILES string of the molecule is CCn1c(=O)/c(=C2\SCCN2C)s/c1=C\c1scc[n+]1Cc1ccccc1.[Cl-]. The summed E-state index contributed by atoms with van der Waals surface area (Å²) in [5.41, 5.74) is 1.41. The van der Waals surface area contributed by atoms with Crippen molar-refractivity contribution in [3.8, 4) is 0 Å². The molecule has 0 radical (unpaired) electrons. The molecule has 0 spiro atoms. The van der Waals surface area contributed by atoms with Gasteiger partial charge >= 0.3 is 0 Å². The van der Waals surface area contributed by atoms with Gasteiger partial charge in [0.15, 0.2) is 12.7 Å². The van der Waals surface area contributed by atoms with Crippen molar-refractivity contribution in [3.63, 3.8) is 0 Å². The zero-order valence-corrected chi connectivity index (χ0v) is 19.0. The molecule has 148 valence electrons. The molecule has 0 atom stereocenters. The number of hydrogen-bond donors (Lipinski definition) is 0. The summed E-state index contributed by atoms with van der Waals surface area (Å²) in [5.74, 6) is 1.05. The zero-order valence-electron chi connectivity index (χ0n) is 15.8. The first-order valence-corrected chi connectivity index (χ1v) is 11.7. The van der Waals surface area contributed by atoms with Gasteiger partial charge in [-0.15, -0.1) is 23.1 Å². The molecular weight excluding hydrogens is 430 g/mol. The third-order valence-electron chi connectivity index (χ3n) is 4.59. The van der Waals surface area contributed by atoms with E-state index < -0.39 is 0 Å². The Bertz CT molecular complexity index is 1120. The maximum absolute atomic E-state index is 12.9. The van der Waals surface area contributed by atoms with E-state index in [1.165, 1.54) is 5.56 Å². The van der Waals surface area contributed by atoms with Crippen molar-refractivity contribution in [2.75, 3.05) is 19.3 Å². The van der Waals surface area contributed by atoms with Crippen LogP contribution in [0.15, 0.2) is 46.7 Å². The molecule has 0 N–H and O–H groups in total. The number of aromatic nitrogens is 2. The quantitative estimate of drug-likeness (QED) is 0.472. The highest BCUT2D eigenvalue weighted by Crippen LogP contribution is 2.25. The van der Waals surface area contributed by atoms with Gasteiger partial charge in [0.1, 0.15) is 9.20 Å². The van der Waals surface area contributed by atoms with Gasteiger partial charge in [0.25, 0.3) is 10.6 Å². The Kier molecular flexibility index (Phi) is 7.04. The predicted molar refractivity (Wildman–Crippen MR) is 116 cm³/mol. The first-order valence-electron chi connectivity index (χ1n) is 8.98. The third-order valence-corrected chi connectivity index (χ3v) is 7.87. The number of halogens is 1. The maximum atomic E-state index is 12.9. The summed E-state index contributed by atoms with van der Waals surface area (Å²) in [4.78, 5) is 15.1. The van der Waals surface area contributed by atoms with Gasteiger partial charge in [0.2, 0.25) is 0 Å². The second-order valence-corrected chi connectivity index (χ2v) is 9.43. The number of rotatable bonds is 4. The minimum absolute atomic E-state index is 0. The Hall–Kier alpha value is -1.54. The largest absolute Gasteiger partial charge is 1.00 e. The maximum Gasteiger partial charge on any atom is 0.271 e. The summed E-state index contributed by atoms with van der Waals surface area (Å²) in [7, 11) is 2.07. The van der Waals surface area contributed by atoms with Crippen molar-refractivity contribution in [2.45, 2.75) is 20.0 Å². The molecule has 0 bridgehead atoms. The lowest BCUT2D eigenvalue weighted by atomic mass is 10.2. The highest BCUT2D eigenvalue weighted by molar-refractivity contribution is 8.08. The Balaban J connectivity index is 0.00000225. The summed E-state index contributed by atoms with van der Waals surface area (Å²) in [5, 5.41) is 4.38. The normalized spacial score (nSPS) is 16.5. The molecular formula is C20H22ClN3OS3. The zero-order chi connectivity index (χ0) is 18.8. The van der Waals surface area contributed by atoms with Crippen LogP contribution in [-0.4, -0.2) is 28.8 Å². The highest BCUT2D eigenvalue weighted by atomic mass is 35.5. The average molecular weight is 452 g/mol. The molecule has 1 fully saturated rings. The standard InChI is InChI=1S/C20H22N3OS3.ClH/c1-3-23-17(27-18(19(23)24)20-21(2)9-11-26-20)13-16-22(10-12-25-16)14-15-7-5-4-6-8-15;/h4-8,10,12-13H,3,9,11,14H2,1-2H3;1H/q+1;/p-1/b20-18+;. The summed E-state index contributed by atoms with van der Waals surface area (Å²) in [6.45, 7) is 4.57. The summed E-state index contributed by atoms with van der Waals surface area (Å²) >= 11 is 5.11. The molecule has 1 saturated heterocycles. The Labute approximate surface area is 182 Å². The lowest BCUT2D eigenvalue weighted by Gasteiger charge is -2.08. The second-order valence-electron chi connectivity index (χ2n) is 6.39. The van der Waals surface area contributed by atoms with Crippen molar-refractivity contribution in [1.82, 2.24) is 9.47 Å². The molecule has 2 aromatic heterocycles. The monoisotopic (exact) mass is 451 g/mol. The third kappa shape index (κ3) is 4.22. The van der Waals surface area contributed by atoms with Crippen molar-refractivity contribution in [2.24, 2.45) is 0 Å². The van der Waals surface area contributed by atoms with Gasteiger partial charge in [0.05, 0.1) is 16.5 Å². The summed E-state index contributed by atoms with van der Waals surface area (Å²) in [6.07, 6.45) is 4.27. The molecule has 28 heavy (non-hydrogen) atoms. The fraction of sp³-hybridized carbons (Fsp3) is 0.300. The van der Waals surface area contributed by atoms with E-state index in [0.29, 0.717) is 6.54 Å². The molecule has 1 aromatic carbocycles. The predicted octanol–water partition coefficient (Wildman–Crippen LogP) is -1.10. The van der Waals surface area contributed by atoms with Crippen molar-refractivity contribution in [3.05, 3.63) is 72.0 Å². The van der Waals surface area contributed by atoms with Gasteiger partial charge in [-0.3, -0.25) is 9.36 Å². The molecule has 4 nitrogen and oxygen atoms in total. The van der Waals surface area contributed by atoms with E-state index >= 15 is 0 Å². The number of thioether (sulfide) groups is 1. The molecule has 0 amide bonds. The molecule has 0 aliphatic carbocycles. The van der Waals surface area contributed by atoms with Crippen molar-refractivity contribution >= 4 is 45.5 Å². The lowest BCUT2D eigenvalue weighted by Crippen LogP contribution is -3.00. The lowest BCUT2D eigenvalue weighted by molar-refractivity contribution is -0.685. The van der Waals surface area contributed by atoms with E-state index in [0.717, 1.165) is 38.1 Å². The van der Waals surface area contributed by atoms with Crippen LogP contribution in [0.5, 0.6) is 0 Å². The van der Waals surface area contributed by atoms with Gasteiger partial charge in [-0.05, 0) is 6.92 Å².